The van der Waals surface area contributed by atoms with Gasteiger partial charge in [-0.15, -0.1) is 0 Å². The third-order valence-corrected chi connectivity index (χ3v) is 4.96. The maximum Gasteiger partial charge on any atom is 0.203 e. The van der Waals surface area contributed by atoms with Crippen molar-refractivity contribution in [3.63, 3.8) is 0 Å². The third-order valence-electron chi connectivity index (χ3n) is 3.41. The molecular formula is C18H18BrIO4. The summed E-state index contributed by atoms with van der Waals surface area (Å²) in [4.78, 5) is 0. The molecule has 0 aliphatic carbocycles. The van der Waals surface area contributed by atoms with Gasteiger partial charge in [-0.05, 0) is 64.6 Å². The van der Waals surface area contributed by atoms with Crippen molar-refractivity contribution in [2.45, 2.75) is 0 Å². The maximum absolute atomic E-state index is 5.40. The highest BCUT2D eigenvalue weighted by molar-refractivity contribution is 14.1. The molecule has 0 aliphatic heterocycles. The van der Waals surface area contributed by atoms with Gasteiger partial charge >= 0.3 is 0 Å². The summed E-state index contributed by atoms with van der Waals surface area (Å²) < 4.78 is 23.4. The molecule has 0 saturated heterocycles. The van der Waals surface area contributed by atoms with Gasteiger partial charge in [-0.25, -0.2) is 0 Å². The van der Waals surface area contributed by atoms with Gasteiger partial charge in [0.05, 0.1) is 28.4 Å². The molecule has 0 radical (unpaired) electrons. The van der Waals surface area contributed by atoms with Crippen LogP contribution in [0.15, 0.2) is 34.8 Å². The van der Waals surface area contributed by atoms with E-state index < -0.39 is 0 Å². The van der Waals surface area contributed by atoms with E-state index in [1.54, 1.807) is 28.4 Å². The first-order chi connectivity index (χ1) is 11.5. The van der Waals surface area contributed by atoms with Crippen molar-refractivity contribution >= 4 is 48.2 Å². The van der Waals surface area contributed by atoms with Crippen LogP contribution in [-0.4, -0.2) is 28.4 Å². The second-order valence-electron chi connectivity index (χ2n) is 4.80. The van der Waals surface area contributed by atoms with Gasteiger partial charge in [0, 0.05) is 13.6 Å². The van der Waals surface area contributed by atoms with E-state index in [-0.39, 0.29) is 0 Å². The van der Waals surface area contributed by atoms with E-state index in [1.165, 1.54) is 0 Å². The molecule has 0 N–H and O–H groups in total. The van der Waals surface area contributed by atoms with Crippen LogP contribution in [0.2, 0.25) is 0 Å². The molecule has 0 heterocycles. The monoisotopic (exact) mass is 504 g/mol. The van der Waals surface area contributed by atoms with E-state index in [1.807, 2.05) is 30.3 Å². The lowest BCUT2D eigenvalue weighted by atomic mass is 10.1. The first kappa shape index (κ1) is 18.9. The van der Waals surface area contributed by atoms with Gasteiger partial charge in [0.25, 0.3) is 0 Å². The fraction of sp³-hybridized carbons (Fsp3) is 0.222. The van der Waals surface area contributed by atoms with Crippen LogP contribution in [-0.2, 0) is 0 Å². The average Bonchev–Trinajstić information content (AvgIpc) is 2.60. The highest BCUT2D eigenvalue weighted by atomic mass is 127. The molecule has 0 bridgehead atoms. The van der Waals surface area contributed by atoms with Gasteiger partial charge in [0.1, 0.15) is 5.75 Å². The van der Waals surface area contributed by atoms with Gasteiger partial charge in [-0.2, -0.15) is 0 Å². The number of halogens is 2. The minimum absolute atomic E-state index is 0.581. The summed E-state index contributed by atoms with van der Waals surface area (Å²) in [6.07, 6.45) is 2.05. The van der Waals surface area contributed by atoms with Crippen molar-refractivity contribution in [1.29, 1.82) is 0 Å². The molecule has 0 atom stereocenters. The molecule has 4 nitrogen and oxygen atoms in total. The molecule has 2 aromatic rings. The summed E-state index contributed by atoms with van der Waals surface area (Å²) >= 11 is 5.89. The molecule has 0 amide bonds. The lowest BCUT2D eigenvalue weighted by molar-refractivity contribution is 0.324. The van der Waals surface area contributed by atoms with Gasteiger partial charge in [0.15, 0.2) is 11.5 Å². The van der Waals surface area contributed by atoms with Crippen LogP contribution in [0.5, 0.6) is 23.0 Å². The number of hydrogen-bond acceptors (Lipinski definition) is 4. The van der Waals surface area contributed by atoms with Crippen molar-refractivity contribution in [1.82, 2.24) is 0 Å². The average molecular weight is 505 g/mol. The zero-order valence-corrected chi connectivity index (χ0v) is 17.6. The smallest absolute Gasteiger partial charge is 0.203 e. The topological polar surface area (TPSA) is 36.9 Å². The summed E-state index contributed by atoms with van der Waals surface area (Å²) in [5.41, 5.74) is 2.03. The molecular weight excluding hydrogens is 487 g/mol. The van der Waals surface area contributed by atoms with Gasteiger partial charge < -0.3 is 18.9 Å². The Bertz CT molecular complexity index is 734. The number of methoxy groups -OCH3 is 4. The molecule has 2 rings (SSSR count). The Balaban J connectivity index is 2.46. The fourth-order valence-electron chi connectivity index (χ4n) is 2.23. The fourth-order valence-corrected chi connectivity index (χ4v) is 4.00. The Morgan fingerprint density at radius 2 is 1.54 bits per heavy atom. The Morgan fingerprint density at radius 1 is 0.917 bits per heavy atom. The largest absolute Gasteiger partial charge is 0.497 e. The summed E-state index contributed by atoms with van der Waals surface area (Å²) in [7, 11) is 6.46. The first-order valence-electron chi connectivity index (χ1n) is 7.05. The van der Waals surface area contributed by atoms with Crippen LogP contribution >= 0.6 is 38.5 Å². The normalized spacial score (nSPS) is 11.2. The summed E-state index contributed by atoms with van der Waals surface area (Å²) in [6.45, 7) is 0. The van der Waals surface area contributed by atoms with Crippen molar-refractivity contribution in [2.75, 3.05) is 28.4 Å². The van der Waals surface area contributed by atoms with Crippen molar-refractivity contribution in [3.8, 4) is 23.0 Å². The van der Waals surface area contributed by atoms with Crippen molar-refractivity contribution in [2.24, 2.45) is 0 Å². The van der Waals surface area contributed by atoms with Crippen LogP contribution < -0.4 is 18.9 Å². The first-order valence-corrected chi connectivity index (χ1v) is 8.92. The molecule has 6 heteroatoms. The minimum Gasteiger partial charge on any atom is -0.497 e. The highest BCUT2D eigenvalue weighted by Gasteiger charge is 2.13. The van der Waals surface area contributed by atoms with E-state index in [0.717, 1.165) is 24.9 Å². The predicted molar refractivity (Wildman–Crippen MR) is 109 cm³/mol. The van der Waals surface area contributed by atoms with E-state index in [0.29, 0.717) is 17.2 Å². The molecule has 0 spiro atoms. The molecule has 0 fully saturated rings. The molecule has 128 valence electrons. The SMILES string of the molecule is COc1ccc(/C(I)=C\c2cc(OC)c(OC)c(OC)c2)c(Br)c1. The number of ether oxygens (including phenoxy) is 4. The van der Waals surface area contributed by atoms with E-state index in [9.17, 15) is 0 Å². The van der Waals surface area contributed by atoms with E-state index in [4.69, 9.17) is 18.9 Å². The van der Waals surface area contributed by atoms with Crippen molar-refractivity contribution in [3.05, 3.63) is 45.9 Å². The summed E-state index contributed by atoms with van der Waals surface area (Å²) in [5.74, 6) is 2.64. The Kier molecular flexibility index (Phi) is 6.79. The Labute approximate surface area is 164 Å². The Hall–Kier alpha value is -1.41. The summed E-state index contributed by atoms with van der Waals surface area (Å²) in [5, 5.41) is 0. The third kappa shape index (κ3) is 4.16. The van der Waals surface area contributed by atoms with Crippen LogP contribution in [0.4, 0.5) is 0 Å². The van der Waals surface area contributed by atoms with E-state index in [2.05, 4.69) is 44.6 Å². The van der Waals surface area contributed by atoms with Crippen molar-refractivity contribution < 1.29 is 18.9 Å². The van der Waals surface area contributed by atoms with Crippen LogP contribution in [0.3, 0.4) is 0 Å². The van der Waals surface area contributed by atoms with Crippen LogP contribution in [0.1, 0.15) is 11.1 Å². The molecule has 24 heavy (non-hydrogen) atoms. The number of benzene rings is 2. The highest BCUT2D eigenvalue weighted by Crippen LogP contribution is 2.40. The van der Waals surface area contributed by atoms with Gasteiger partial charge in [0.2, 0.25) is 5.75 Å². The predicted octanol–water partition coefficient (Wildman–Crippen LogP) is 5.42. The standard InChI is InChI=1S/C18H18BrIO4/c1-21-12-5-6-13(14(19)10-12)15(20)7-11-8-16(22-2)18(24-4)17(9-11)23-3/h5-10H,1-4H3/b15-7+. The number of hydrogen-bond donors (Lipinski definition) is 0. The molecule has 0 aliphatic rings. The van der Waals surface area contributed by atoms with E-state index >= 15 is 0 Å². The zero-order chi connectivity index (χ0) is 17.7. The van der Waals surface area contributed by atoms with Crippen LogP contribution in [0, 0.1) is 0 Å². The number of rotatable bonds is 6. The van der Waals surface area contributed by atoms with Gasteiger partial charge in [-0.1, -0.05) is 15.9 Å². The summed E-state index contributed by atoms with van der Waals surface area (Å²) in [6, 6.07) is 9.72. The molecule has 0 unspecified atom stereocenters. The lowest BCUT2D eigenvalue weighted by Crippen LogP contribution is -1.95. The molecule has 0 aromatic heterocycles. The quantitative estimate of drug-likeness (QED) is 0.389. The Morgan fingerprint density at radius 3 is 2.00 bits per heavy atom. The molecule has 0 saturated carbocycles. The van der Waals surface area contributed by atoms with Crippen LogP contribution in [0.25, 0.3) is 9.66 Å². The molecule has 2 aromatic carbocycles. The zero-order valence-electron chi connectivity index (χ0n) is 13.9. The lowest BCUT2D eigenvalue weighted by Gasteiger charge is -2.13. The maximum atomic E-state index is 5.40. The second-order valence-corrected chi connectivity index (χ2v) is 6.81. The second kappa shape index (κ2) is 8.62. The minimum atomic E-state index is 0.581. The van der Waals surface area contributed by atoms with Gasteiger partial charge in [-0.3, -0.25) is 0 Å².